The van der Waals surface area contributed by atoms with Gasteiger partial charge in [-0.3, -0.25) is 4.79 Å². The van der Waals surface area contributed by atoms with Gasteiger partial charge in [-0.15, -0.1) is 0 Å². The van der Waals surface area contributed by atoms with Crippen molar-refractivity contribution in [3.63, 3.8) is 0 Å². The summed E-state index contributed by atoms with van der Waals surface area (Å²) in [7, 11) is 1.47. The lowest BCUT2D eigenvalue weighted by Gasteiger charge is -2.19. The first-order valence-electron chi connectivity index (χ1n) is 5.66. The van der Waals surface area contributed by atoms with Gasteiger partial charge in [-0.05, 0) is 25.5 Å². The number of rotatable bonds is 4. The van der Waals surface area contributed by atoms with Crippen molar-refractivity contribution in [2.75, 3.05) is 7.05 Å². The third-order valence-corrected chi connectivity index (χ3v) is 2.78. The number of amides is 1. The number of nitrogens with zero attached hydrogens (tertiary/aromatic N) is 1. The zero-order valence-electron chi connectivity index (χ0n) is 10.8. The summed E-state index contributed by atoms with van der Waals surface area (Å²) in [5.41, 5.74) is 2.06. The summed E-state index contributed by atoms with van der Waals surface area (Å²) in [5.74, 6) is -1.35. The first-order valence-corrected chi connectivity index (χ1v) is 5.66. The van der Waals surface area contributed by atoms with Crippen molar-refractivity contribution >= 4 is 18.0 Å². The fourth-order valence-corrected chi connectivity index (χ4v) is 1.32. The molecule has 0 saturated carbocycles. The van der Waals surface area contributed by atoms with E-state index in [9.17, 15) is 9.59 Å². The summed E-state index contributed by atoms with van der Waals surface area (Å²) >= 11 is 0. The van der Waals surface area contributed by atoms with E-state index in [2.05, 4.69) is 0 Å². The molecule has 1 N–H and O–H groups in total. The van der Waals surface area contributed by atoms with E-state index in [4.69, 9.17) is 5.11 Å². The minimum Gasteiger partial charge on any atom is -0.480 e. The molecule has 4 heteroatoms. The van der Waals surface area contributed by atoms with Crippen LogP contribution in [0.5, 0.6) is 0 Å². The zero-order chi connectivity index (χ0) is 13.7. The van der Waals surface area contributed by atoms with Gasteiger partial charge in [0, 0.05) is 13.1 Å². The van der Waals surface area contributed by atoms with E-state index in [-0.39, 0.29) is 5.91 Å². The molecule has 4 nitrogen and oxygen atoms in total. The molecule has 0 bridgehead atoms. The molecule has 1 aromatic rings. The van der Waals surface area contributed by atoms with Gasteiger partial charge in [0.2, 0.25) is 5.91 Å². The first kappa shape index (κ1) is 14.0. The van der Waals surface area contributed by atoms with E-state index < -0.39 is 12.0 Å². The topological polar surface area (TPSA) is 57.6 Å². The maximum atomic E-state index is 11.7. The van der Waals surface area contributed by atoms with E-state index >= 15 is 0 Å². The Labute approximate surface area is 107 Å². The van der Waals surface area contributed by atoms with Gasteiger partial charge < -0.3 is 10.0 Å². The Morgan fingerprint density at radius 1 is 1.28 bits per heavy atom. The van der Waals surface area contributed by atoms with Crippen molar-refractivity contribution in [2.24, 2.45) is 0 Å². The van der Waals surface area contributed by atoms with Crippen molar-refractivity contribution in [3.05, 3.63) is 41.5 Å². The summed E-state index contributed by atoms with van der Waals surface area (Å²) in [5, 5.41) is 8.80. The molecule has 0 spiro atoms. The van der Waals surface area contributed by atoms with Crippen LogP contribution in [-0.2, 0) is 9.59 Å². The van der Waals surface area contributed by atoms with Gasteiger partial charge in [0.05, 0.1) is 0 Å². The Balaban J connectivity index is 2.69. The van der Waals surface area contributed by atoms with E-state index in [0.29, 0.717) is 0 Å². The van der Waals surface area contributed by atoms with Crippen LogP contribution in [0.2, 0.25) is 0 Å². The number of carboxylic acids is 1. The largest absolute Gasteiger partial charge is 0.480 e. The average molecular weight is 247 g/mol. The highest BCUT2D eigenvalue weighted by molar-refractivity contribution is 5.94. The second-order valence-corrected chi connectivity index (χ2v) is 4.21. The van der Waals surface area contributed by atoms with E-state index in [0.717, 1.165) is 11.1 Å². The van der Waals surface area contributed by atoms with Gasteiger partial charge >= 0.3 is 5.97 Å². The lowest BCUT2D eigenvalue weighted by atomic mass is 10.1. The highest BCUT2D eigenvalue weighted by Gasteiger charge is 2.19. The maximum absolute atomic E-state index is 11.7. The van der Waals surface area contributed by atoms with Crippen LogP contribution in [0, 0.1) is 6.92 Å². The molecular weight excluding hydrogens is 230 g/mol. The highest BCUT2D eigenvalue weighted by Crippen LogP contribution is 2.06. The second kappa shape index (κ2) is 6.00. The van der Waals surface area contributed by atoms with Crippen LogP contribution >= 0.6 is 0 Å². The fourth-order valence-electron chi connectivity index (χ4n) is 1.32. The third-order valence-electron chi connectivity index (χ3n) is 2.78. The Hall–Kier alpha value is -2.10. The van der Waals surface area contributed by atoms with Crippen molar-refractivity contribution in [3.8, 4) is 0 Å². The van der Waals surface area contributed by atoms with Gasteiger partial charge in [0.15, 0.2) is 0 Å². The number of carboxylic acid groups (broad SMARTS) is 1. The summed E-state index contributed by atoms with van der Waals surface area (Å²) in [6, 6.07) is 6.88. The molecule has 0 radical (unpaired) electrons. The van der Waals surface area contributed by atoms with Gasteiger partial charge in [-0.1, -0.05) is 29.8 Å². The molecule has 0 aromatic heterocycles. The number of carbonyl (C=O) groups excluding carboxylic acids is 1. The van der Waals surface area contributed by atoms with Crippen molar-refractivity contribution in [1.29, 1.82) is 0 Å². The number of carbonyl (C=O) groups is 2. The molecule has 18 heavy (non-hydrogen) atoms. The summed E-state index contributed by atoms with van der Waals surface area (Å²) in [6.07, 6.45) is 3.05. The van der Waals surface area contributed by atoms with Crippen molar-refractivity contribution in [1.82, 2.24) is 4.90 Å². The minimum absolute atomic E-state index is 0.328. The fraction of sp³-hybridized carbons (Fsp3) is 0.286. The molecule has 0 saturated heterocycles. The van der Waals surface area contributed by atoms with Crippen molar-refractivity contribution in [2.45, 2.75) is 19.9 Å². The Morgan fingerprint density at radius 3 is 2.33 bits per heavy atom. The SMILES string of the molecule is Cc1ccc(C=CC(=O)N(C)C(C)C(=O)O)cc1. The quantitative estimate of drug-likeness (QED) is 0.827. The lowest BCUT2D eigenvalue weighted by molar-refractivity contribution is -0.146. The smallest absolute Gasteiger partial charge is 0.326 e. The average Bonchev–Trinajstić information content (AvgIpc) is 2.35. The molecule has 0 fully saturated rings. The van der Waals surface area contributed by atoms with Crippen molar-refractivity contribution < 1.29 is 14.7 Å². The van der Waals surface area contributed by atoms with Crippen LogP contribution in [0.15, 0.2) is 30.3 Å². The number of aliphatic carboxylic acids is 1. The number of hydrogen-bond acceptors (Lipinski definition) is 2. The second-order valence-electron chi connectivity index (χ2n) is 4.21. The van der Waals surface area contributed by atoms with Crippen LogP contribution in [-0.4, -0.2) is 35.0 Å². The Kier molecular flexibility index (Phi) is 4.66. The van der Waals surface area contributed by atoms with Gasteiger partial charge in [-0.25, -0.2) is 4.79 Å². The number of hydrogen-bond donors (Lipinski definition) is 1. The van der Waals surface area contributed by atoms with Crippen LogP contribution in [0.1, 0.15) is 18.1 Å². The molecule has 96 valence electrons. The summed E-state index contributed by atoms with van der Waals surface area (Å²) < 4.78 is 0. The third kappa shape index (κ3) is 3.73. The van der Waals surface area contributed by atoms with E-state index in [1.807, 2.05) is 31.2 Å². The number of benzene rings is 1. The zero-order valence-corrected chi connectivity index (χ0v) is 10.8. The molecule has 1 amide bonds. The van der Waals surface area contributed by atoms with Gasteiger partial charge in [0.25, 0.3) is 0 Å². The first-order chi connectivity index (χ1) is 8.41. The molecular formula is C14H17NO3. The molecule has 1 atom stereocenters. The maximum Gasteiger partial charge on any atom is 0.326 e. The predicted octanol–water partition coefficient (Wildman–Crippen LogP) is 1.94. The molecule has 0 aliphatic carbocycles. The molecule has 1 unspecified atom stereocenters. The Bertz CT molecular complexity index is 462. The van der Waals surface area contributed by atoms with E-state index in [1.54, 1.807) is 6.08 Å². The van der Waals surface area contributed by atoms with Crippen LogP contribution in [0.4, 0.5) is 0 Å². The molecule has 0 heterocycles. The molecule has 0 aliphatic heterocycles. The van der Waals surface area contributed by atoms with Gasteiger partial charge in [0.1, 0.15) is 6.04 Å². The molecule has 1 aromatic carbocycles. The van der Waals surface area contributed by atoms with Crippen LogP contribution < -0.4 is 0 Å². The predicted molar refractivity (Wildman–Crippen MR) is 70.1 cm³/mol. The lowest BCUT2D eigenvalue weighted by Crippen LogP contribution is -2.39. The molecule has 1 rings (SSSR count). The highest BCUT2D eigenvalue weighted by atomic mass is 16.4. The Morgan fingerprint density at radius 2 is 1.83 bits per heavy atom. The standard InChI is InChI=1S/C14H17NO3/c1-10-4-6-12(7-5-10)8-9-13(16)15(3)11(2)14(17)18/h4-9,11H,1-3H3,(H,17,18). The van der Waals surface area contributed by atoms with E-state index in [1.165, 1.54) is 24.9 Å². The summed E-state index contributed by atoms with van der Waals surface area (Å²) in [4.78, 5) is 23.6. The monoisotopic (exact) mass is 247 g/mol. The normalized spacial score (nSPS) is 12.4. The van der Waals surface area contributed by atoms with Gasteiger partial charge in [-0.2, -0.15) is 0 Å². The summed E-state index contributed by atoms with van der Waals surface area (Å²) in [6.45, 7) is 3.46. The molecule has 0 aliphatic rings. The van der Waals surface area contributed by atoms with Crippen LogP contribution in [0.3, 0.4) is 0 Å². The van der Waals surface area contributed by atoms with Crippen LogP contribution in [0.25, 0.3) is 6.08 Å². The number of likely N-dealkylation sites (N-methyl/N-ethyl adjacent to an activating group) is 1. The minimum atomic E-state index is -1.02. The number of aryl methyl sites for hydroxylation is 1.